The Labute approximate surface area is 110 Å². The minimum atomic E-state index is -0.768. The largest absolute Gasteiger partial charge is 0.496 e. The molecule has 1 aromatic carbocycles. The van der Waals surface area contributed by atoms with Crippen LogP contribution < -0.4 is 4.74 Å². The number of carboxylic acids is 1. The number of halogens is 1. The van der Waals surface area contributed by atoms with Crippen LogP contribution in [-0.2, 0) is 10.5 Å². The normalized spacial score (nSPS) is 12.2. The van der Waals surface area contributed by atoms with E-state index in [0.29, 0.717) is 16.5 Å². The van der Waals surface area contributed by atoms with Crippen LogP contribution in [0.3, 0.4) is 0 Å². The topological polar surface area (TPSA) is 46.5 Å². The van der Waals surface area contributed by atoms with E-state index in [-0.39, 0.29) is 5.92 Å². The fourth-order valence-corrected chi connectivity index (χ4v) is 2.53. The van der Waals surface area contributed by atoms with Crippen LogP contribution >= 0.6 is 23.4 Å². The van der Waals surface area contributed by atoms with Crippen molar-refractivity contribution in [2.75, 3.05) is 12.9 Å². The predicted octanol–water partition coefficient (Wildman–Crippen LogP) is 3.30. The summed E-state index contributed by atoms with van der Waals surface area (Å²) in [5, 5.41) is 9.42. The number of benzene rings is 1. The zero-order chi connectivity index (χ0) is 12.8. The molecule has 0 heterocycles. The summed E-state index contributed by atoms with van der Waals surface area (Å²) in [6, 6.07) is 5.44. The van der Waals surface area contributed by atoms with Gasteiger partial charge in [0.05, 0.1) is 13.0 Å². The number of hydrogen-bond acceptors (Lipinski definition) is 3. The third-order valence-electron chi connectivity index (χ3n) is 2.29. The SMILES string of the molecule is COc1ccc(Cl)cc1CSCC(C)C(=O)O. The average molecular weight is 275 g/mol. The lowest BCUT2D eigenvalue weighted by atomic mass is 10.2. The predicted molar refractivity (Wildman–Crippen MR) is 71.0 cm³/mol. The number of hydrogen-bond donors (Lipinski definition) is 1. The van der Waals surface area contributed by atoms with Crippen LogP contribution in [0.4, 0.5) is 0 Å². The molecule has 1 rings (SSSR count). The Morgan fingerprint density at radius 1 is 1.59 bits per heavy atom. The van der Waals surface area contributed by atoms with E-state index in [9.17, 15) is 4.79 Å². The lowest BCUT2D eigenvalue weighted by Gasteiger charge is -2.10. The molecule has 0 aliphatic carbocycles. The van der Waals surface area contributed by atoms with Gasteiger partial charge >= 0.3 is 5.97 Å². The van der Waals surface area contributed by atoms with Gasteiger partial charge < -0.3 is 9.84 Å². The van der Waals surface area contributed by atoms with E-state index in [1.807, 2.05) is 12.1 Å². The maximum absolute atomic E-state index is 10.7. The standard InChI is InChI=1S/C12H15ClO3S/c1-8(12(14)15)6-17-7-9-5-10(13)3-4-11(9)16-2/h3-5,8H,6-7H2,1-2H3,(H,14,15). The van der Waals surface area contributed by atoms with Gasteiger partial charge in [-0.1, -0.05) is 18.5 Å². The second kappa shape index (κ2) is 6.77. The molecule has 0 aliphatic rings. The molecule has 0 fully saturated rings. The Hall–Kier alpha value is -0.870. The first-order valence-electron chi connectivity index (χ1n) is 5.17. The lowest BCUT2D eigenvalue weighted by molar-refractivity contribution is -0.140. The van der Waals surface area contributed by atoms with Gasteiger partial charge in [-0.15, -0.1) is 0 Å². The number of methoxy groups -OCH3 is 1. The number of ether oxygens (including phenoxy) is 1. The van der Waals surface area contributed by atoms with Crippen molar-refractivity contribution in [2.24, 2.45) is 5.92 Å². The lowest BCUT2D eigenvalue weighted by Crippen LogP contribution is -2.11. The molecule has 0 saturated heterocycles. The van der Waals surface area contributed by atoms with Crippen LogP contribution in [0.5, 0.6) is 5.75 Å². The van der Waals surface area contributed by atoms with E-state index < -0.39 is 5.97 Å². The molecule has 1 N–H and O–H groups in total. The highest BCUT2D eigenvalue weighted by Gasteiger charge is 2.11. The van der Waals surface area contributed by atoms with Crippen LogP contribution in [0.1, 0.15) is 12.5 Å². The van der Waals surface area contributed by atoms with Gasteiger partial charge in [0, 0.05) is 22.1 Å². The molecule has 5 heteroatoms. The Morgan fingerprint density at radius 2 is 2.29 bits per heavy atom. The van der Waals surface area contributed by atoms with Gasteiger partial charge in [0.1, 0.15) is 5.75 Å². The Balaban J connectivity index is 2.56. The highest BCUT2D eigenvalue weighted by atomic mass is 35.5. The van der Waals surface area contributed by atoms with E-state index in [2.05, 4.69) is 0 Å². The van der Waals surface area contributed by atoms with Gasteiger partial charge in [0.25, 0.3) is 0 Å². The summed E-state index contributed by atoms with van der Waals surface area (Å²) in [6.45, 7) is 1.70. The molecular formula is C12H15ClO3S. The summed E-state index contributed by atoms with van der Waals surface area (Å²) in [4.78, 5) is 10.7. The monoisotopic (exact) mass is 274 g/mol. The van der Waals surface area contributed by atoms with Crippen molar-refractivity contribution in [3.05, 3.63) is 28.8 Å². The molecular weight excluding hydrogens is 260 g/mol. The van der Waals surface area contributed by atoms with Crippen molar-refractivity contribution >= 4 is 29.3 Å². The first-order valence-corrected chi connectivity index (χ1v) is 6.70. The van der Waals surface area contributed by atoms with Crippen LogP contribution in [0.15, 0.2) is 18.2 Å². The summed E-state index contributed by atoms with van der Waals surface area (Å²) >= 11 is 7.47. The fourth-order valence-electron chi connectivity index (χ4n) is 1.28. The van der Waals surface area contributed by atoms with Crippen molar-refractivity contribution in [3.8, 4) is 5.75 Å². The Kier molecular flexibility index (Phi) is 5.65. The first-order chi connectivity index (χ1) is 8.04. The molecule has 1 atom stereocenters. The summed E-state index contributed by atoms with van der Waals surface area (Å²) in [5.41, 5.74) is 0.989. The average Bonchev–Trinajstić information content (AvgIpc) is 2.29. The molecule has 1 aromatic rings. The van der Waals surface area contributed by atoms with E-state index in [0.717, 1.165) is 11.3 Å². The maximum atomic E-state index is 10.7. The maximum Gasteiger partial charge on any atom is 0.307 e. The molecule has 0 saturated carbocycles. The van der Waals surface area contributed by atoms with Crippen molar-refractivity contribution in [1.29, 1.82) is 0 Å². The molecule has 0 aliphatic heterocycles. The van der Waals surface area contributed by atoms with Crippen LogP contribution in [0.2, 0.25) is 5.02 Å². The van der Waals surface area contributed by atoms with Gasteiger partial charge in [-0.25, -0.2) is 0 Å². The molecule has 0 bridgehead atoms. The molecule has 17 heavy (non-hydrogen) atoms. The van der Waals surface area contributed by atoms with Gasteiger partial charge in [-0.05, 0) is 18.2 Å². The van der Waals surface area contributed by atoms with Crippen LogP contribution in [0, 0.1) is 5.92 Å². The molecule has 0 spiro atoms. The highest BCUT2D eigenvalue weighted by molar-refractivity contribution is 7.98. The number of thioether (sulfide) groups is 1. The smallest absolute Gasteiger partial charge is 0.307 e. The number of rotatable bonds is 6. The van der Waals surface area contributed by atoms with E-state index in [4.69, 9.17) is 21.4 Å². The van der Waals surface area contributed by atoms with Crippen molar-refractivity contribution in [3.63, 3.8) is 0 Å². The second-order valence-electron chi connectivity index (χ2n) is 3.71. The van der Waals surface area contributed by atoms with Gasteiger partial charge in [0.15, 0.2) is 0 Å². The van der Waals surface area contributed by atoms with Gasteiger partial charge in [-0.3, -0.25) is 4.79 Å². The molecule has 94 valence electrons. The summed E-state index contributed by atoms with van der Waals surface area (Å²) in [7, 11) is 1.61. The van der Waals surface area contributed by atoms with Crippen molar-refractivity contribution in [2.45, 2.75) is 12.7 Å². The second-order valence-corrected chi connectivity index (χ2v) is 5.18. The summed E-state index contributed by atoms with van der Waals surface area (Å²) < 4.78 is 5.22. The fraction of sp³-hybridized carbons (Fsp3) is 0.417. The van der Waals surface area contributed by atoms with E-state index in [1.54, 1.807) is 31.9 Å². The van der Waals surface area contributed by atoms with Crippen LogP contribution in [-0.4, -0.2) is 23.9 Å². The zero-order valence-electron chi connectivity index (χ0n) is 9.77. The van der Waals surface area contributed by atoms with Gasteiger partial charge in [0.2, 0.25) is 0 Å². The number of aliphatic carboxylic acids is 1. The molecule has 0 aromatic heterocycles. The summed E-state index contributed by atoms with van der Waals surface area (Å²) in [5.74, 6) is 0.942. The first kappa shape index (κ1) is 14.2. The van der Waals surface area contributed by atoms with E-state index in [1.165, 1.54) is 0 Å². The molecule has 0 radical (unpaired) electrons. The third kappa shape index (κ3) is 4.48. The quantitative estimate of drug-likeness (QED) is 0.865. The molecule has 1 unspecified atom stereocenters. The Bertz CT molecular complexity index is 395. The van der Waals surface area contributed by atoms with Gasteiger partial charge in [-0.2, -0.15) is 11.8 Å². The molecule has 3 nitrogen and oxygen atoms in total. The summed E-state index contributed by atoms with van der Waals surface area (Å²) in [6.07, 6.45) is 0. The minimum absolute atomic E-state index is 0.342. The number of carboxylic acid groups (broad SMARTS) is 1. The van der Waals surface area contributed by atoms with Crippen LogP contribution in [0.25, 0.3) is 0 Å². The third-order valence-corrected chi connectivity index (χ3v) is 3.78. The number of carbonyl (C=O) groups is 1. The Morgan fingerprint density at radius 3 is 2.88 bits per heavy atom. The van der Waals surface area contributed by atoms with E-state index >= 15 is 0 Å². The zero-order valence-corrected chi connectivity index (χ0v) is 11.3. The molecule has 0 amide bonds. The minimum Gasteiger partial charge on any atom is -0.496 e. The van der Waals surface area contributed by atoms with Crippen molar-refractivity contribution in [1.82, 2.24) is 0 Å². The highest BCUT2D eigenvalue weighted by Crippen LogP contribution is 2.27. The van der Waals surface area contributed by atoms with Crippen molar-refractivity contribution < 1.29 is 14.6 Å².